The van der Waals surface area contributed by atoms with Crippen LogP contribution in [0.5, 0.6) is 0 Å². The topological polar surface area (TPSA) is 83.5 Å². The van der Waals surface area contributed by atoms with Crippen LogP contribution >= 0.6 is 0 Å². The largest absolute Gasteiger partial charge is 0.387 e. The molecule has 0 bridgehead atoms. The van der Waals surface area contributed by atoms with Crippen LogP contribution in [0.3, 0.4) is 0 Å². The fourth-order valence-corrected chi connectivity index (χ4v) is 4.18. The van der Waals surface area contributed by atoms with Crippen molar-refractivity contribution in [2.24, 2.45) is 0 Å². The summed E-state index contributed by atoms with van der Waals surface area (Å²) in [4.78, 5) is 12.2. The van der Waals surface area contributed by atoms with E-state index in [9.17, 15) is 18.3 Å². The van der Waals surface area contributed by atoms with Gasteiger partial charge in [0.25, 0.3) is 0 Å². The first-order chi connectivity index (χ1) is 13.0. The van der Waals surface area contributed by atoms with Crippen molar-refractivity contribution in [3.05, 3.63) is 78.4 Å². The number of amides is 1. The summed E-state index contributed by atoms with van der Waals surface area (Å²) in [6.07, 6.45) is -1.02. The molecule has 0 aliphatic heterocycles. The first-order valence-corrected chi connectivity index (χ1v) is 10.3. The normalized spacial score (nSPS) is 12.6. The molecule has 0 radical (unpaired) electrons. The monoisotopic (exact) mass is 383 g/mol. The number of carbonyl (C=O) groups is 1. The molecule has 3 aromatic carbocycles. The lowest BCUT2D eigenvalue weighted by Gasteiger charge is -2.15. The van der Waals surface area contributed by atoms with Gasteiger partial charge in [0.2, 0.25) is 5.91 Å². The summed E-state index contributed by atoms with van der Waals surface area (Å²) in [6, 6.07) is 21.4. The van der Waals surface area contributed by atoms with Crippen molar-refractivity contribution in [2.45, 2.75) is 17.4 Å². The van der Waals surface area contributed by atoms with E-state index in [4.69, 9.17) is 0 Å². The summed E-state index contributed by atoms with van der Waals surface area (Å²) >= 11 is 0. The molecule has 0 saturated heterocycles. The Balaban J connectivity index is 1.57. The highest BCUT2D eigenvalue weighted by atomic mass is 32.2. The number of hydrogen-bond acceptors (Lipinski definition) is 4. The van der Waals surface area contributed by atoms with Crippen LogP contribution in [0.1, 0.15) is 18.1 Å². The third-order valence-electron chi connectivity index (χ3n) is 4.38. The smallest absolute Gasteiger partial charge is 0.221 e. The highest BCUT2D eigenvalue weighted by molar-refractivity contribution is 7.91. The first-order valence-electron chi connectivity index (χ1n) is 8.67. The Bertz CT molecular complexity index is 1030. The fourth-order valence-electron chi connectivity index (χ4n) is 2.92. The van der Waals surface area contributed by atoms with E-state index in [1.807, 2.05) is 42.5 Å². The zero-order chi connectivity index (χ0) is 19.3. The summed E-state index contributed by atoms with van der Waals surface area (Å²) in [5, 5.41) is 15.0. The molecule has 1 amide bonds. The number of sulfone groups is 1. The minimum absolute atomic E-state index is 0.0260. The lowest BCUT2D eigenvalue weighted by molar-refractivity contribution is -0.121. The van der Waals surface area contributed by atoms with Gasteiger partial charge >= 0.3 is 0 Å². The maximum Gasteiger partial charge on any atom is 0.221 e. The molecular formula is C21H21NO4S. The van der Waals surface area contributed by atoms with E-state index >= 15 is 0 Å². The van der Waals surface area contributed by atoms with E-state index in [0.29, 0.717) is 0 Å². The average Bonchev–Trinajstić information content (AvgIpc) is 2.70. The van der Waals surface area contributed by atoms with Crippen molar-refractivity contribution in [3.8, 4) is 0 Å². The zero-order valence-corrected chi connectivity index (χ0v) is 15.5. The molecule has 3 aromatic rings. The van der Waals surface area contributed by atoms with Gasteiger partial charge in [-0.1, -0.05) is 60.7 Å². The van der Waals surface area contributed by atoms with Gasteiger partial charge in [0, 0.05) is 13.0 Å². The maximum absolute atomic E-state index is 12.2. The van der Waals surface area contributed by atoms with Gasteiger partial charge in [-0.2, -0.15) is 0 Å². The standard InChI is InChI=1S/C21H21NO4S/c23-20(19-12-6-8-16-7-4-5-11-18(16)19)15-22-21(24)13-14-27(25,26)17-9-2-1-3-10-17/h1-12,20,23H,13-15H2,(H,22,24). The van der Waals surface area contributed by atoms with Crippen molar-refractivity contribution in [1.82, 2.24) is 5.32 Å². The molecule has 1 atom stereocenters. The number of hydrogen-bond donors (Lipinski definition) is 2. The van der Waals surface area contributed by atoms with Crippen molar-refractivity contribution < 1.29 is 18.3 Å². The molecule has 0 heterocycles. The molecule has 6 heteroatoms. The zero-order valence-electron chi connectivity index (χ0n) is 14.7. The first kappa shape index (κ1) is 19.1. The summed E-state index contributed by atoms with van der Waals surface area (Å²) in [6.45, 7) is 0.0260. The van der Waals surface area contributed by atoms with E-state index in [1.165, 1.54) is 12.1 Å². The molecule has 140 valence electrons. The highest BCUT2D eigenvalue weighted by Gasteiger charge is 2.17. The second kappa shape index (κ2) is 8.33. The number of aliphatic hydroxyl groups is 1. The van der Waals surface area contributed by atoms with Crippen LogP contribution in [-0.2, 0) is 14.6 Å². The molecule has 0 fully saturated rings. The van der Waals surface area contributed by atoms with Crippen LogP contribution in [0, 0.1) is 0 Å². The summed E-state index contributed by atoms with van der Waals surface area (Å²) in [7, 11) is -3.50. The molecule has 2 N–H and O–H groups in total. The third-order valence-corrected chi connectivity index (χ3v) is 6.11. The maximum atomic E-state index is 12.2. The molecule has 0 aliphatic rings. The van der Waals surface area contributed by atoms with Crippen molar-refractivity contribution in [3.63, 3.8) is 0 Å². The second-order valence-corrected chi connectivity index (χ2v) is 8.38. The Kier molecular flexibility index (Phi) is 5.88. The SMILES string of the molecule is O=C(CCS(=O)(=O)c1ccccc1)NCC(O)c1cccc2ccccc12. The van der Waals surface area contributed by atoms with Crippen molar-refractivity contribution in [2.75, 3.05) is 12.3 Å². The predicted octanol–water partition coefficient (Wildman–Crippen LogP) is 2.85. The Morgan fingerprint density at radius 1 is 0.926 bits per heavy atom. The molecule has 3 rings (SSSR count). The molecule has 0 aromatic heterocycles. The van der Waals surface area contributed by atoms with Crippen LogP contribution in [0.2, 0.25) is 0 Å². The van der Waals surface area contributed by atoms with Gasteiger partial charge in [-0.15, -0.1) is 0 Å². The molecule has 0 aliphatic carbocycles. The van der Waals surface area contributed by atoms with Gasteiger partial charge in [0.1, 0.15) is 0 Å². The number of fused-ring (bicyclic) bond motifs is 1. The number of benzene rings is 3. The molecule has 0 spiro atoms. The van der Waals surface area contributed by atoms with Crippen molar-refractivity contribution in [1.29, 1.82) is 0 Å². The van der Waals surface area contributed by atoms with Crippen LogP contribution < -0.4 is 5.32 Å². The van der Waals surface area contributed by atoms with Gasteiger partial charge in [-0.05, 0) is 28.5 Å². The van der Waals surface area contributed by atoms with Crippen LogP contribution in [-0.4, -0.2) is 31.7 Å². The molecule has 27 heavy (non-hydrogen) atoms. The summed E-state index contributed by atoms with van der Waals surface area (Å²) < 4.78 is 24.4. The number of carbonyl (C=O) groups excluding carboxylic acids is 1. The molecule has 5 nitrogen and oxygen atoms in total. The highest BCUT2D eigenvalue weighted by Crippen LogP contribution is 2.23. The summed E-state index contributed by atoms with van der Waals surface area (Å²) in [5.74, 6) is -0.679. The fraction of sp³-hybridized carbons (Fsp3) is 0.190. The quantitative estimate of drug-likeness (QED) is 0.657. The van der Waals surface area contributed by atoms with E-state index < -0.39 is 21.8 Å². The van der Waals surface area contributed by atoms with E-state index in [-0.39, 0.29) is 23.6 Å². The molecule has 1 unspecified atom stereocenters. The van der Waals surface area contributed by atoms with Crippen LogP contribution in [0.25, 0.3) is 10.8 Å². The third kappa shape index (κ3) is 4.72. The number of nitrogens with one attached hydrogen (secondary N) is 1. The molecule has 0 saturated carbocycles. The second-order valence-electron chi connectivity index (χ2n) is 6.27. The minimum Gasteiger partial charge on any atom is -0.387 e. The van der Waals surface area contributed by atoms with Gasteiger partial charge in [0.05, 0.1) is 16.8 Å². The number of aliphatic hydroxyl groups excluding tert-OH is 1. The lowest BCUT2D eigenvalue weighted by Crippen LogP contribution is -2.29. The average molecular weight is 383 g/mol. The van der Waals surface area contributed by atoms with E-state index in [1.54, 1.807) is 18.2 Å². The van der Waals surface area contributed by atoms with Gasteiger partial charge in [0.15, 0.2) is 9.84 Å². The summed E-state index contributed by atoms with van der Waals surface area (Å²) in [5.41, 5.74) is 0.727. The van der Waals surface area contributed by atoms with Crippen LogP contribution in [0.15, 0.2) is 77.7 Å². The lowest BCUT2D eigenvalue weighted by atomic mass is 10.0. The Morgan fingerprint density at radius 2 is 1.59 bits per heavy atom. The molecular weight excluding hydrogens is 362 g/mol. The van der Waals surface area contributed by atoms with Crippen LogP contribution in [0.4, 0.5) is 0 Å². The van der Waals surface area contributed by atoms with Gasteiger partial charge in [-0.3, -0.25) is 4.79 Å². The predicted molar refractivity (Wildman–Crippen MR) is 105 cm³/mol. The van der Waals surface area contributed by atoms with Gasteiger partial charge < -0.3 is 10.4 Å². The minimum atomic E-state index is -3.50. The van der Waals surface area contributed by atoms with E-state index in [2.05, 4.69) is 5.32 Å². The van der Waals surface area contributed by atoms with Gasteiger partial charge in [-0.25, -0.2) is 8.42 Å². The number of rotatable bonds is 7. The van der Waals surface area contributed by atoms with E-state index in [0.717, 1.165) is 16.3 Å². The Morgan fingerprint density at radius 3 is 2.37 bits per heavy atom. The van der Waals surface area contributed by atoms with Crippen molar-refractivity contribution >= 4 is 26.5 Å². The Labute approximate surface area is 158 Å². The Hall–Kier alpha value is -2.70.